The van der Waals surface area contributed by atoms with Crippen LogP contribution >= 0.6 is 11.6 Å². The molecule has 0 aliphatic carbocycles. The Kier molecular flexibility index (Phi) is 4.09. The second-order valence-corrected chi connectivity index (χ2v) is 4.60. The predicted octanol–water partition coefficient (Wildman–Crippen LogP) is 3.01. The maximum atomic E-state index is 13.0. The van der Waals surface area contributed by atoms with E-state index in [-0.39, 0.29) is 27.5 Å². The van der Waals surface area contributed by atoms with Crippen LogP contribution in [0.4, 0.5) is 15.8 Å². The third-order valence-corrected chi connectivity index (χ3v) is 2.99. The Hall–Kier alpha value is -2.60. The summed E-state index contributed by atoms with van der Waals surface area (Å²) in [5.74, 6) is -2.55. The maximum absolute atomic E-state index is 13.0. The molecule has 0 radical (unpaired) electrons. The van der Waals surface area contributed by atoms with Gasteiger partial charge in [0.2, 0.25) is 0 Å². The summed E-state index contributed by atoms with van der Waals surface area (Å²) in [6, 6.07) is 7.55. The van der Waals surface area contributed by atoms with Crippen molar-refractivity contribution in [3.8, 4) is 0 Å². The van der Waals surface area contributed by atoms with Crippen molar-refractivity contribution in [2.45, 2.75) is 0 Å². The number of carbonyl (C=O) groups excluding carboxylic acids is 1. The fraction of sp³-hybridized carbons (Fsp3) is 0. The number of carboxylic acids is 1. The first-order valence-electron chi connectivity index (χ1n) is 5.77. The van der Waals surface area contributed by atoms with Crippen LogP contribution in [0, 0.1) is 5.82 Å². The van der Waals surface area contributed by atoms with E-state index < -0.39 is 17.7 Å². The minimum Gasteiger partial charge on any atom is -0.478 e. The van der Waals surface area contributed by atoms with Crippen molar-refractivity contribution in [2.24, 2.45) is 0 Å². The number of nitrogen functional groups attached to an aromatic ring is 1. The van der Waals surface area contributed by atoms with Crippen LogP contribution in [-0.4, -0.2) is 17.0 Å². The van der Waals surface area contributed by atoms with Crippen LogP contribution in [0.5, 0.6) is 0 Å². The molecule has 0 aromatic heterocycles. The smallest absolute Gasteiger partial charge is 0.336 e. The summed E-state index contributed by atoms with van der Waals surface area (Å²) < 4.78 is 13.0. The van der Waals surface area contributed by atoms with E-state index in [2.05, 4.69) is 5.32 Å². The summed E-state index contributed by atoms with van der Waals surface area (Å²) in [6.45, 7) is 0. The van der Waals surface area contributed by atoms with Gasteiger partial charge >= 0.3 is 5.97 Å². The summed E-state index contributed by atoms with van der Waals surface area (Å²) in [7, 11) is 0. The van der Waals surface area contributed by atoms with Gasteiger partial charge in [0.15, 0.2) is 0 Å². The van der Waals surface area contributed by atoms with Gasteiger partial charge in [0.25, 0.3) is 5.91 Å². The number of nitrogens with two attached hydrogens (primary N) is 1. The molecule has 21 heavy (non-hydrogen) atoms. The SMILES string of the molecule is Nc1ccc(C(=O)Nc2ccc(F)c(Cl)c2)c(C(=O)O)c1. The van der Waals surface area contributed by atoms with Gasteiger partial charge in [-0.05, 0) is 36.4 Å². The molecule has 0 saturated heterocycles. The molecule has 0 heterocycles. The van der Waals surface area contributed by atoms with Crippen LogP contribution in [0.25, 0.3) is 0 Å². The molecule has 2 rings (SSSR count). The lowest BCUT2D eigenvalue weighted by atomic mass is 10.1. The van der Waals surface area contributed by atoms with E-state index in [9.17, 15) is 14.0 Å². The topological polar surface area (TPSA) is 92.4 Å². The Labute approximate surface area is 124 Å². The third-order valence-electron chi connectivity index (χ3n) is 2.70. The number of amides is 1. The number of benzene rings is 2. The van der Waals surface area contributed by atoms with Crippen LogP contribution in [-0.2, 0) is 0 Å². The maximum Gasteiger partial charge on any atom is 0.336 e. The fourth-order valence-corrected chi connectivity index (χ4v) is 1.89. The lowest BCUT2D eigenvalue weighted by molar-refractivity contribution is 0.0692. The Morgan fingerprint density at radius 2 is 1.86 bits per heavy atom. The van der Waals surface area contributed by atoms with E-state index in [1.807, 2.05) is 0 Å². The average Bonchev–Trinajstić information content (AvgIpc) is 2.42. The molecule has 0 spiro atoms. The Morgan fingerprint density at radius 3 is 2.48 bits per heavy atom. The van der Waals surface area contributed by atoms with E-state index in [0.29, 0.717) is 0 Å². The molecule has 2 aromatic rings. The van der Waals surface area contributed by atoms with Gasteiger partial charge in [0.05, 0.1) is 16.1 Å². The molecule has 0 aliphatic rings. The lowest BCUT2D eigenvalue weighted by Crippen LogP contribution is -2.16. The van der Waals surface area contributed by atoms with Crippen molar-refractivity contribution < 1.29 is 19.1 Å². The van der Waals surface area contributed by atoms with Gasteiger partial charge in [-0.2, -0.15) is 0 Å². The number of rotatable bonds is 3. The van der Waals surface area contributed by atoms with Gasteiger partial charge in [0.1, 0.15) is 5.82 Å². The van der Waals surface area contributed by atoms with Gasteiger partial charge in [-0.1, -0.05) is 11.6 Å². The van der Waals surface area contributed by atoms with Crippen LogP contribution in [0.3, 0.4) is 0 Å². The first-order chi connectivity index (χ1) is 9.88. The summed E-state index contributed by atoms with van der Waals surface area (Å²) in [4.78, 5) is 23.2. The largest absolute Gasteiger partial charge is 0.478 e. The molecule has 7 heteroatoms. The van der Waals surface area contributed by atoms with Gasteiger partial charge in [0, 0.05) is 11.4 Å². The zero-order valence-corrected chi connectivity index (χ0v) is 11.3. The van der Waals surface area contributed by atoms with E-state index in [1.54, 1.807) is 0 Å². The molecule has 2 aromatic carbocycles. The minimum absolute atomic E-state index is 0.0582. The first-order valence-corrected chi connectivity index (χ1v) is 6.15. The Morgan fingerprint density at radius 1 is 1.14 bits per heavy atom. The van der Waals surface area contributed by atoms with Gasteiger partial charge in [-0.3, -0.25) is 4.79 Å². The highest BCUT2D eigenvalue weighted by Gasteiger charge is 2.17. The number of hydrogen-bond acceptors (Lipinski definition) is 3. The summed E-state index contributed by atoms with van der Waals surface area (Å²) in [5.41, 5.74) is 5.70. The van der Waals surface area contributed by atoms with Crippen LogP contribution < -0.4 is 11.1 Å². The van der Waals surface area contributed by atoms with Crippen molar-refractivity contribution in [2.75, 3.05) is 11.1 Å². The minimum atomic E-state index is -1.27. The van der Waals surface area contributed by atoms with Gasteiger partial charge in [-0.15, -0.1) is 0 Å². The van der Waals surface area contributed by atoms with Gasteiger partial charge < -0.3 is 16.2 Å². The molecule has 0 unspecified atom stereocenters. The van der Waals surface area contributed by atoms with E-state index in [4.69, 9.17) is 22.4 Å². The first kappa shape index (κ1) is 14.8. The molecular weight excluding hydrogens is 299 g/mol. The van der Waals surface area contributed by atoms with Crippen LogP contribution in [0.2, 0.25) is 5.02 Å². The number of aromatic carboxylic acids is 1. The monoisotopic (exact) mass is 308 g/mol. The Balaban J connectivity index is 2.32. The highest BCUT2D eigenvalue weighted by atomic mass is 35.5. The predicted molar refractivity (Wildman–Crippen MR) is 77.2 cm³/mol. The standard InChI is InChI=1S/C14H10ClFN2O3/c15-11-6-8(2-4-12(11)16)18-13(19)9-3-1-7(17)5-10(9)14(20)21/h1-6H,17H2,(H,18,19)(H,20,21). The normalized spacial score (nSPS) is 10.2. The zero-order valence-electron chi connectivity index (χ0n) is 10.6. The second kappa shape index (κ2) is 5.80. The lowest BCUT2D eigenvalue weighted by Gasteiger charge is -2.09. The highest BCUT2D eigenvalue weighted by molar-refractivity contribution is 6.31. The molecule has 1 amide bonds. The molecular formula is C14H10ClFN2O3. The van der Waals surface area contributed by atoms with Crippen molar-refractivity contribution in [1.82, 2.24) is 0 Å². The summed E-state index contributed by atoms with van der Waals surface area (Å²) in [6.07, 6.45) is 0. The zero-order chi connectivity index (χ0) is 15.6. The average molecular weight is 309 g/mol. The van der Waals surface area contributed by atoms with E-state index in [0.717, 1.165) is 6.07 Å². The van der Waals surface area contributed by atoms with E-state index in [1.165, 1.54) is 30.3 Å². The molecule has 5 nitrogen and oxygen atoms in total. The quantitative estimate of drug-likeness (QED) is 0.760. The van der Waals surface area contributed by atoms with Crippen LogP contribution in [0.15, 0.2) is 36.4 Å². The summed E-state index contributed by atoms with van der Waals surface area (Å²) >= 11 is 5.61. The number of nitrogens with one attached hydrogen (secondary N) is 1. The Bertz CT molecular complexity index is 734. The van der Waals surface area contributed by atoms with Crippen molar-refractivity contribution in [3.05, 3.63) is 58.4 Å². The summed E-state index contributed by atoms with van der Waals surface area (Å²) in [5, 5.41) is 11.4. The van der Waals surface area contributed by atoms with E-state index >= 15 is 0 Å². The van der Waals surface area contributed by atoms with Crippen molar-refractivity contribution >= 4 is 34.9 Å². The number of anilines is 2. The molecule has 0 bridgehead atoms. The third kappa shape index (κ3) is 3.29. The van der Waals surface area contributed by atoms with Gasteiger partial charge in [-0.25, -0.2) is 9.18 Å². The molecule has 0 aliphatic heterocycles. The number of halogens is 2. The molecule has 0 saturated carbocycles. The molecule has 4 N–H and O–H groups in total. The molecule has 0 fully saturated rings. The highest BCUT2D eigenvalue weighted by Crippen LogP contribution is 2.21. The van der Waals surface area contributed by atoms with Crippen LogP contribution in [0.1, 0.15) is 20.7 Å². The molecule has 108 valence electrons. The fourth-order valence-electron chi connectivity index (χ4n) is 1.71. The number of hydrogen-bond donors (Lipinski definition) is 3. The number of carbonyl (C=O) groups is 2. The second-order valence-electron chi connectivity index (χ2n) is 4.19. The van der Waals surface area contributed by atoms with Crippen molar-refractivity contribution in [1.29, 1.82) is 0 Å². The van der Waals surface area contributed by atoms with Crippen molar-refractivity contribution in [3.63, 3.8) is 0 Å². The number of carboxylic acid groups (broad SMARTS) is 1. The molecule has 0 atom stereocenters.